The van der Waals surface area contributed by atoms with Crippen LogP contribution in [0.4, 0.5) is 5.69 Å². The van der Waals surface area contributed by atoms with Gasteiger partial charge in [0, 0.05) is 11.1 Å². The van der Waals surface area contributed by atoms with Gasteiger partial charge in [-0.15, -0.1) is 0 Å². The van der Waals surface area contributed by atoms with Crippen molar-refractivity contribution in [3.8, 4) is 11.3 Å². The van der Waals surface area contributed by atoms with E-state index in [2.05, 4.69) is 5.16 Å². The number of carbonyl (C=O) groups is 1. The zero-order chi connectivity index (χ0) is 13.9. The molecule has 3 rings (SSSR count). The second kappa shape index (κ2) is 5.01. The van der Waals surface area contributed by atoms with Gasteiger partial charge in [0.05, 0.1) is 0 Å². The lowest BCUT2D eigenvalue weighted by Gasteiger charge is -1.98. The summed E-state index contributed by atoms with van der Waals surface area (Å²) in [6, 6.07) is 18.2. The summed E-state index contributed by atoms with van der Waals surface area (Å²) in [7, 11) is 0. The van der Waals surface area contributed by atoms with Gasteiger partial charge < -0.3 is 10.3 Å². The minimum absolute atomic E-state index is 0.148. The van der Waals surface area contributed by atoms with Crippen LogP contribution in [0.5, 0.6) is 0 Å². The number of hydrogen-bond acceptors (Lipinski definition) is 4. The lowest BCUT2D eigenvalue weighted by Crippen LogP contribution is -2.04. The van der Waals surface area contributed by atoms with Gasteiger partial charge in [-0.25, -0.2) is 0 Å². The van der Waals surface area contributed by atoms with Crippen molar-refractivity contribution in [2.24, 2.45) is 0 Å². The quantitative estimate of drug-likeness (QED) is 0.738. The fourth-order valence-electron chi connectivity index (χ4n) is 1.98. The van der Waals surface area contributed by atoms with E-state index >= 15 is 0 Å². The molecule has 0 aliphatic rings. The van der Waals surface area contributed by atoms with E-state index in [9.17, 15) is 4.79 Å². The Hall–Kier alpha value is -2.88. The average Bonchev–Trinajstić information content (AvgIpc) is 2.90. The molecular weight excluding hydrogens is 252 g/mol. The maximum absolute atomic E-state index is 12.3. The maximum atomic E-state index is 12.3. The monoisotopic (exact) mass is 264 g/mol. The SMILES string of the molecule is Nc1c(C(=O)c2ccccc2)noc1-c1ccccc1. The molecular formula is C16H12N2O2. The van der Waals surface area contributed by atoms with Crippen molar-refractivity contribution >= 4 is 11.5 Å². The van der Waals surface area contributed by atoms with E-state index < -0.39 is 0 Å². The van der Waals surface area contributed by atoms with Crippen LogP contribution in [-0.4, -0.2) is 10.9 Å². The van der Waals surface area contributed by atoms with E-state index in [-0.39, 0.29) is 17.2 Å². The smallest absolute Gasteiger partial charge is 0.217 e. The summed E-state index contributed by atoms with van der Waals surface area (Å²) in [6.07, 6.45) is 0. The van der Waals surface area contributed by atoms with Gasteiger partial charge in [-0.3, -0.25) is 4.79 Å². The van der Waals surface area contributed by atoms with Gasteiger partial charge >= 0.3 is 0 Å². The Morgan fingerprint density at radius 2 is 1.55 bits per heavy atom. The van der Waals surface area contributed by atoms with Crippen molar-refractivity contribution in [2.75, 3.05) is 5.73 Å². The van der Waals surface area contributed by atoms with E-state index in [4.69, 9.17) is 10.3 Å². The molecule has 0 unspecified atom stereocenters. The van der Waals surface area contributed by atoms with Gasteiger partial charge in [-0.2, -0.15) is 0 Å². The van der Waals surface area contributed by atoms with Crippen molar-refractivity contribution in [2.45, 2.75) is 0 Å². The first-order valence-electron chi connectivity index (χ1n) is 6.17. The Labute approximate surface area is 115 Å². The highest BCUT2D eigenvalue weighted by Gasteiger charge is 2.21. The molecule has 0 bridgehead atoms. The standard InChI is InChI=1S/C16H12N2O2/c17-13-14(15(19)11-7-3-1-4-8-11)18-20-16(13)12-9-5-2-6-10-12/h1-10H,17H2. The van der Waals surface area contributed by atoms with Gasteiger partial charge in [0.1, 0.15) is 5.69 Å². The zero-order valence-corrected chi connectivity index (χ0v) is 10.6. The van der Waals surface area contributed by atoms with Crippen molar-refractivity contribution in [1.82, 2.24) is 5.16 Å². The Morgan fingerprint density at radius 1 is 0.950 bits per heavy atom. The Balaban J connectivity index is 2.01. The van der Waals surface area contributed by atoms with E-state index in [1.165, 1.54) is 0 Å². The number of carbonyl (C=O) groups excluding carboxylic acids is 1. The molecule has 0 saturated heterocycles. The van der Waals surface area contributed by atoms with Crippen LogP contribution in [0, 0.1) is 0 Å². The maximum Gasteiger partial charge on any atom is 0.217 e. The lowest BCUT2D eigenvalue weighted by atomic mass is 10.1. The highest BCUT2D eigenvalue weighted by Crippen LogP contribution is 2.29. The van der Waals surface area contributed by atoms with Gasteiger partial charge in [0.25, 0.3) is 0 Å². The van der Waals surface area contributed by atoms with Gasteiger partial charge in [0.2, 0.25) is 5.78 Å². The summed E-state index contributed by atoms with van der Waals surface area (Å²) in [5, 5.41) is 3.82. The van der Waals surface area contributed by atoms with Crippen LogP contribution in [0.25, 0.3) is 11.3 Å². The first-order valence-corrected chi connectivity index (χ1v) is 6.17. The number of hydrogen-bond donors (Lipinski definition) is 1. The zero-order valence-electron chi connectivity index (χ0n) is 10.6. The molecule has 3 aromatic rings. The number of benzene rings is 2. The molecule has 98 valence electrons. The highest BCUT2D eigenvalue weighted by molar-refractivity contribution is 6.11. The fourth-order valence-corrected chi connectivity index (χ4v) is 1.98. The molecule has 0 spiro atoms. The third-order valence-corrected chi connectivity index (χ3v) is 3.01. The second-order valence-corrected chi connectivity index (χ2v) is 4.34. The van der Waals surface area contributed by atoms with Crippen LogP contribution in [0.15, 0.2) is 65.2 Å². The van der Waals surface area contributed by atoms with Crippen LogP contribution < -0.4 is 5.73 Å². The molecule has 0 atom stereocenters. The summed E-state index contributed by atoms with van der Waals surface area (Å²) in [5.41, 5.74) is 7.74. The summed E-state index contributed by atoms with van der Waals surface area (Å²) in [5.74, 6) is 0.180. The van der Waals surface area contributed by atoms with Crippen molar-refractivity contribution in [3.05, 3.63) is 71.9 Å². The number of rotatable bonds is 3. The van der Waals surface area contributed by atoms with E-state index in [1.807, 2.05) is 36.4 Å². The minimum Gasteiger partial charge on any atom is -0.394 e. The molecule has 1 heterocycles. The van der Waals surface area contributed by atoms with Crippen LogP contribution in [0.1, 0.15) is 16.1 Å². The third-order valence-electron chi connectivity index (χ3n) is 3.01. The van der Waals surface area contributed by atoms with Crippen LogP contribution in [0.2, 0.25) is 0 Å². The number of nitrogen functional groups attached to an aromatic ring is 1. The van der Waals surface area contributed by atoms with Crippen molar-refractivity contribution in [1.29, 1.82) is 0 Å². The number of nitrogens with two attached hydrogens (primary N) is 1. The molecule has 0 fully saturated rings. The number of aromatic nitrogens is 1. The van der Waals surface area contributed by atoms with Crippen molar-refractivity contribution < 1.29 is 9.32 Å². The molecule has 4 nitrogen and oxygen atoms in total. The largest absolute Gasteiger partial charge is 0.394 e. The first-order chi connectivity index (χ1) is 9.77. The molecule has 0 radical (unpaired) electrons. The number of anilines is 1. The molecule has 2 N–H and O–H groups in total. The molecule has 0 aliphatic heterocycles. The molecule has 2 aromatic carbocycles. The predicted molar refractivity (Wildman–Crippen MR) is 76.2 cm³/mol. The van der Waals surface area contributed by atoms with Gasteiger partial charge in [-0.1, -0.05) is 65.8 Å². The van der Waals surface area contributed by atoms with Crippen LogP contribution >= 0.6 is 0 Å². The Bertz CT molecular complexity index is 734. The highest BCUT2D eigenvalue weighted by atomic mass is 16.5. The van der Waals surface area contributed by atoms with E-state index in [1.54, 1.807) is 24.3 Å². The summed E-state index contributed by atoms with van der Waals surface area (Å²) in [6.45, 7) is 0. The molecule has 1 aromatic heterocycles. The first kappa shape index (κ1) is 12.2. The Kier molecular flexibility index (Phi) is 3.05. The Morgan fingerprint density at radius 3 is 2.20 bits per heavy atom. The van der Waals surface area contributed by atoms with Gasteiger partial charge in [0.15, 0.2) is 11.5 Å². The lowest BCUT2D eigenvalue weighted by molar-refractivity contribution is 0.103. The topological polar surface area (TPSA) is 69.1 Å². The average molecular weight is 264 g/mol. The number of ketones is 1. The third kappa shape index (κ3) is 2.07. The number of nitrogens with zero attached hydrogens (tertiary/aromatic N) is 1. The van der Waals surface area contributed by atoms with Gasteiger partial charge in [-0.05, 0) is 0 Å². The second-order valence-electron chi connectivity index (χ2n) is 4.34. The molecule has 4 heteroatoms. The fraction of sp³-hybridized carbons (Fsp3) is 0. The minimum atomic E-state index is -0.242. The predicted octanol–water partition coefficient (Wildman–Crippen LogP) is 3.15. The van der Waals surface area contributed by atoms with Crippen molar-refractivity contribution in [3.63, 3.8) is 0 Å². The summed E-state index contributed by atoms with van der Waals surface area (Å²) in [4.78, 5) is 12.3. The van der Waals surface area contributed by atoms with E-state index in [0.29, 0.717) is 11.3 Å². The molecule has 0 amide bonds. The summed E-state index contributed by atoms with van der Waals surface area (Å²) >= 11 is 0. The van der Waals surface area contributed by atoms with Crippen LogP contribution in [-0.2, 0) is 0 Å². The molecule has 0 saturated carbocycles. The normalized spacial score (nSPS) is 10.4. The summed E-state index contributed by atoms with van der Waals surface area (Å²) < 4.78 is 5.23. The molecule has 20 heavy (non-hydrogen) atoms. The van der Waals surface area contributed by atoms with Crippen LogP contribution in [0.3, 0.4) is 0 Å². The van der Waals surface area contributed by atoms with E-state index in [0.717, 1.165) is 5.56 Å². The molecule has 0 aliphatic carbocycles.